The Balaban J connectivity index is 1.35. The number of carbonyl (C=O) groups is 1. The summed E-state index contributed by atoms with van der Waals surface area (Å²) in [6, 6.07) is 14.2. The third kappa shape index (κ3) is 4.64. The Kier molecular flexibility index (Phi) is 5.77. The van der Waals surface area contributed by atoms with Crippen molar-refractivity contribution in [3.63, 3.8) is 0 Å². The average Bonchev–Trinajstić information content (AvgIpc) is 3.07. The summed E-state index contributed by atoms with van der Waals surface area (Å²) in [5, 5.41) is 4.37. The minimum Gasteiger partial charge on any atom is -0.337 e. The van der Waals surface area contributed by atoms with E-state index in [4.69, 9.17) is 0 Å². The van der Waals surface area contributed by atoms with E-state index in [2.05, 4.69) is 33.2 Å². The number of amides is 1. The molecule has 28 heavy (non-hydrogen) atoms. The summed E-state index contributed by atoms with van der Waals surface area (Å²) in [4.78, 5) is 21.5. The van der Waals surface area contributed by atoms with Crippen molar-refractivity contribution in [3.8, 4) is 0 Å². The van der Waals surface area contributed by atoms with Gasteiger partial charge < -0.3 is 4.90 Å². The van der Waals surface area contributed by atoms with Crippen LogP contribution in [0.25, 0.3) is 0 Å². The van der Waals surface area contributed by atoms with Gasteiger partial charge in [-0.15, -0.1) is 0 Å². The molecule has 3 heterocycles. The second-order valence-corrected chi connectivity index (χ2v) is 7.20. The standard InChI is InChI=1S/C22H25N5O/c28-22(21-15-24-27(18-21)17-19-6-2-1-3-7-19)26-11-5-10-25(12-13-26)16-20-8-4-9-23-14-20/h1-4,6-9,14-15,18H,5,10-13,16-17H2. The van der Waals surface area contributed by atoms with Crippen molar-refractivity contribution in [1.82, 2.24) is 24.6 Å². The highest BCUT2D eigenvalue weighted by Crippen LogP contribution is 2.12. The molecule has 0 saturated carbocycles. The molecule has 144 valence electrons. The largest absolute Gasteiger partial charge is 0.337 e. The SMILES string of the molecule is O=C(c1cnn(Cc2ccccc2)c1)N1CCCN(Cc2cccnc2)CC1. The summed E-state index contributed by atoms with van der Waals surface area (Å²) in [6.45, 7) is 4.94. The third-order valence-corrected chi connectivity index (χ3v) is 5.07. The molecule has 1 fully saturated rings. The lowest BCUT2D eigenvalue weighted by molar-refractivity contribution is 0.0761. The van der Waals surface area contributed by atoms with Gasteiger partial charge in [0.05, 0.1) is 18.3 Å². The number of aromatic nitrogens is 3. The summed E-state index contributed by atoms with van der Waals surface area (Å²) < 4.78 is 1.83. The van der Waals surface area contributed by atoms with Gasteiger partial charge in [-0.25, -0.2) is 0 Å². The van der Waals surface area contributed by atoms with Crippen LogP contribution in [0.15, 0.2) is 67.3 Å². The minimum absolute atomic E-state index is 0.0718. The molecular formula is C22H25N5O. The van der Waals surface area contributed by atoms with Crippen molar-refractivity contribution in [2.75, 3.05) is 26.2 Å². The van der Waals surface area contributed by atoms with Crippen LogP contribution < -0.4 is 0 Å². The van der Waals surface area contributed by atoms with E-state index in [1.807, 2.05) is 46.2 Å². The van der Waals surface area contributed by atoms with Crippen molar-refractivity contribution in [2.45, 2.75) is 19.5 Å². The van der Waals surface area contributed by atoms with E-state index in [0.717, 1.165) is 39.1 Å². The van der Waals surface area contributed by atoms with Crippen LogP contribution in [0, 0.1) is 0 Å². The van der Waals surface area contributed by atoms with Crippen LogP contribution in [-0.2, 0) is 13.1 Å². The lowest BCUT2D eigenvalue weighted by atomic mass is 10.2. The van der Waals surface area contributed by atoms with Gasteiger partial charge in [0.1, 0.15) is 0 Å². The normalized spacial score (nSPS) is 15.4. The quantitative estimate of drug-likeness (QED) is 0.688. The zero-order valence-electron chi connectivity index (χ0n) is 15.9. The summed E-state index contributed by atoms with van der Waals surface area (Å²) in [5.74, 6) is 0.0718. The van der Waals surface area contributed by atoms with Crippen LogP contribution >= 0.6 is 0 Å². The van der Waals surface area contributed by atoms with Crippen LogP contribution in [0.2, 0.25) is 0 Å². The predicted octanol–water partition coefficient (Wildman–Crippen LogP) is 2.67. The molecule has 0 atom stereocenters. The molecule has 4 rings (SSSR count). The van der Waals surface area contributed by atoms with E-state index >= 15 is 0 Å². The van der Waals surface area contributed by atoms with Gasteiger partial charge in [0.2, 0.25) is 0 Å². The van der Waals surface area contributed by atoms with Gasteiger partial charge in [-0.1, -0.05) is 36.4 Å². The van der Waals surface area contributed by atoms with E-state index in [-0.39, 0.29) is 5.91 Å². The molecule has 0 radical (unpaired) electrons. The molecule has 2 aromatic heterocycles. The van der Waals surface area contributed by atoms with E-state index in [1.54, 1.807) is 12.4 Å². The molecule has 0 spiro atoms. The van der Waals surface area contributed by atoms with Gasteiger partial charge in [0, 0.05) is 51.3 Å². The zero-order valence-corrected chi connectivity index (χ0v) is 15.9. The minimum atomic E-state index is 0.0718. The second kappa shape index (κ2) is 8.80. The molecule has 0 unspecified atom stereocenters. The number of hydrogen-bond acceptors (Lipinski definition) is 4. The van der Waals surface area contributed by atoms with Gasteiger partial charge in [-0.05, 0) is 23.6 Å². The molecule has 6 nitrogen and oxygen atoms in total. The van der Waals surface area contributed by atoms with Crippen molar-refractivity contribution in [3.05, 3.63) is 83.9 Å². The number of benzene rings is 1. The molecule has 3 aromatic rings. The number of hydrogen-bond donors (Lipinski definition) is 0. The fourth-order valence-corrected chi connectivity index (χ4v) is 3.60. The van der Waals surface area contributed by atoms with Gasteiger partial charge in [0.25, 0.3) is 5.91 Å². The zero-order chi connectivity index (χ0) is 19.2. The Labute approximate surface area is 165 Å². The first-order chi connectivity index (χ1) is 13.8. The van der Waals surface area contributed by atoms with Gasteiger partial charge in [-0.3, -0.25) is 19.4 Å². The van der Waals surface area contributed by atoms with E-state index < -0.39 is 0 Å². The average molecular weight is 375 g/mol. The fourth-order valence-electron chi connectivity index (χ4n) is 3.60. The molecule has 1 aliphatic heterocycles. The van der Waals surface area contributed by atoms with Crippen LogP contribution in [0.5, 0.6) is 0 Å². The molecule has 0 N–H and O–H groups in total. The smallest absolute Gasteiger partial charge is 0.257 e. The topological polar surface area (TPSA) is 54.3 Å². The maximum Gasteiger partial charge on any atom is 0.257 e. The first kappa shape index (κ1) is 18.4. The maximum absolute atomic E-state index is 12.9. The Hall–Kier alpha value is -2.99. The number of nitrogens with zero attached hydrogens (tertiary/aromatic N) is 5. The lowest BCUT2D eigenvalue weighted by Crippen LogP contribution is -2.35. The van der Waals surface area contributed by atoms with Crippen LogP contribution in [0.4, 0.5) is 0 Å². The van der Waals surface area contributed by atoms with Crippen molar-refractivity contribution < 1.29 is 4.79 Å². The first-order valence-corrected chi connectivity index (χ1v) is 9.75. The van der Waals surface area contributed by atoms with E-state index in [9.17, 15) is 4.79 Å². The monoisotopic (exact) mass is 375 g/mol. The lowest BCUT2D eigenvalue weighted by Gasteiger charge is -2.21. The molecule has 1 amide bonds. The van der Waals surface area contributed by atoms with Crippen LogP contribution in [0.1, 0.15) is 27.9 Å². The van der Waals surface area contributed by atoms with Crippen molar-refractivity contribution in [2.24, 2.45) is 0 Å². The number of rotatable bonds is 5. The summed E-state index contributed by atoms with van der Waals surface area (Å²) in [7, 11) is 0. The van der Waals surface area contributed by atoms with Gasteiger partial charge >= 0.3 is 0 Å². The Morgan fingerprint density at radius 2 is 1.75 bits per heavy atom. The van der Waals surface area contributed by atoms with Gasteiger partial charge in [-0.2, -0.15) is 5.10 Å². The summed E-state index contributed by atoms with van der Waals surface area (Å²) in [5.41, 5.74) is 3.05. The first-order valence-electron chi connectivity index (χ1n) is 9.75. The Morgan fingerprint density at radius 3 is 2.57 bits per heavy atom. The third-order valence-electron chi connectivity index (χ3n) is 5.07. The van der Waals surface area contributed by atoms with Crippen molar-refractivity contribution in [1.29, 1.82) is 0 Å². The van der Waals surface area contributed by atoms with Crippen molar-refractivity contribution >= 4 is 5.91 Å². The van der Waals surface area contributed by atoms with Crippen LogP contribution in [0.3, 0.4) is 0 Å². The molecule has 6 heteroatoms. The highest BCUT2D eigenvalue weighted by Gasteiger charge is 2.21. The van der Waals surface area contributed by atoms with Crippen LogP contribution in [-0.4, -0.2) is 56.7 Å². The molecule has 0 aliphatic carbocycles. The maximum atomic E-state index is 12.9. The molecule has 1 aromatic carbocycles. The summed E-state index contributed by atoms with van der Waals surface area (Å²) in [6.07, 6.45) is 8.22. The summed E-state index contributed by atoms with van der Waals surface area (Å²) >= 11 is 0. The fraction of sp³-hybridized carbons (Fsp3) is 0.318. The molecule has 1 aliphatic rings. The molecular weight excluding hydrogens is 350 g/mol. The van der Waals surface area contributed by atoms with Gasteiger partial charge in [0.15, 0.2) is 0 Å². The number of pyridine rings is 1. The Bertz CT molecular complexity index is 894. The Morgan fingerprint density at radius 1 is 0.893 bits per heavy atom. The van der Waals surface area contributed by atoms with E-state index in [0.29, 0.717) is 12.1 Å². The van der Waals surface area contributed by atoms with E-state index in [1.165, 1.54) is 11.1 Å². The second-order valence-electron chi connectivity index (χ2n) is 7.20. The predicted molar refractivity (Wildman–Crippen MR) is 108 cm³/mol. The number of carbonyl (C=O) groups excluding carboxylic acids is 1. The molecule has 0 bridgehead atoms. The molecule has 1 saturated heterocycles. The highest BCUT2D eigenvalue weighted by molar-refractivity contribution is 5.93. The highest BCUT2D eigenvalue weighted by atomic mass is 16.2.